The summed E-state index contributed by atoms with van der Waals surface area (Å²) in [6, 6.07) is 1.75. The van der Waals surface area contributed by atoms with Gasteiger partial charge in [-0.1, -0.05) is 0 Å². The van der Waals surface area contributed by atoms with Gasteiger partial charge in [-0.25, -0.2) is 4.79 Å². The molecule has 0 saturated carbocycles. The van der Waals surface area contributed by atoms with Gasteiger partial charge in [-0.15, -0.1) is 0 Å². The maximum Gasteiger partial charge on any atom is 0.354 e. The highest BCUT2D eigenvalue weighted by Gasteiger charge is 2.15. The van der Waals surface area contributed by atoms with Gasteiger partial charge in [-0.2, -0.15) is 15.3 Å². The van der Waals surface area contributed by atoms with Crippen LogP contribution in [-0.2, 0) is 0 Å². The van der Waals surface area contributed by atoms with Crippen LogP contribution in [0.15, 0.2) is 18.5 Å². The van der Waals surface area contributed by atoms with Crippen molar-refractivity contribution in [3.05, 3.63) is 29.7 Å². The van der Waals surface area contributed by atoms with Crippen molar-refractivity contribution in [2.45, 2.75) is 6.92 Å². The molecule has 2 aromatic heterocycles. The molecule has 0 amide bonds. The smallest absolute Gasteiger partial charge is 0.354 e. The highest BCUT2D eigenvalue weighted by Crippen LogP contribution is 2.19. The van der Waals surface area contributed by atoms with E-state index >= 15 is 0 Å². The minimum Gasteiger partial charge on any atom is -0.477 e. The van der Waals surface area contributed by atoms with Gasteiger partial charge in [0, 0.05) is 0 Å². The molecule has 0 aliphatic rings. The fourth-order valence-corrected chi connectivity index (χ4v) is 1.24. The van der Waals surface area contributed by atoms with E-state index in [1.165, 1.54) is 6.20 Å². The standard InChI is InChI=1S/C9H8N4O2/c1-5-2-7(12-10-3-5)6-4-11-13-8(6)9(14)15/h2-4H,1H3,(H,11,13)(H,14,15). The Morgan fingerprint density at radius 3 is 2.93 bits per heavy atom. The van der Waals surface area contributed by atoms with E-state index in [0.29, 0.717) is 11.3 Å². The first-order chi connectivity index (χ1) is 7.18. The molecule has 0 aliphatic carbocycles. The summed E-state index contributed by atoms with van der Waals surface area (Å²) < 4.78 is 0. The number of hydrogen-bond acceptors (Lipinski definition) is 4. The van der Waals surface area contributed by atoms with Crippen molar-refractivity contribution in [1.82, 2.24) is 20.4 Å². The Balaban J connectivity index is 2.54. The Morgan fingerprint density at radius 2 is 2.27 bits per heavy atom. The number of aromatic amines is 1. The number of carboxylic acid groups (broad SMARTS) is 1. The number of hydrogen-bond donors (Lipinski definition) is 2. The zero-order valence-corrected chi connectivity index (χ0v) is 7.93. The second-order valence-corrected chi connectivity index (χ2v) is 3.08. The Labute approximate surface area is 85.0 Å². The molecule has 0 saturated heterocycles. The van der Waals surface area contributed by atoms with Crippen LogP contribution in [-0.4, -0.2) is 31.5 Å². The first-order valence-corrected chi connectivity index (χ1v) is 4.25. The van der Waals surface area contributed by atoms with Gasteiger partial charge in [0.2, 0.25) is 0 Å². The Bertz CT molecular complexity index is 506. The molecule has 0 atom stereocenters. The number of rotatable bonds is 2. The number of nitrogens with zero attached hydrogens (tertiary/aromatic N) is 3. The number of aromatic carboxylic acids is 1. The zero-order chi connectivity index (χ0) is 10.8. The third kappa shape index (κ3) is 1.69. The molecule has 0 radical (unpaired) electrons. The van der Waals surface area contributed by atoms with Crippen molar-refractivity contribution in [2.24, 2.45) is 0 Å². The Morgan fingerprint density at radius 1 is 1.47 bits per heavy atom. The number of carbonyl (C=O) groups is 1. The van der Waals surface area contributed by atoms with Crippen LogP contribution < -0.4 is 0 Å². The van der Waals surface area contributed by atoms with Crippen molar-refractivity contribution >= 4 is 5.97 Å². The van der Waals surface area contributed by atoms with Gasteiger partial charge in [-0.3, -0.25) is 5.10 Å². The lowest BCUT2D eigenvalue weighted by Gasteiger charge is -1.98. The third-order valence-electron chi connectivity index (χ3n) is 1.92. The summed E-state index contributed by atoms with van der Waals surface area (Å²) in [6.45, 7) is 1.86. The van der Waals surface area contributed by atoms with Crippen molar-refractivity contribution in [2.75, 3.05) is 0 Å². The highest BCUT2D eigenvalue weighted by atomic mass is 16.4. The molecule has 0 aliphatic heterocycles. The van der Waals surface area contributed by atoms with E-state index in [9.17, 15) is 4.79 Å². The van der Waals surface area contributed by atoms with Crippen LogP contribution in [0.5, 0.6) is 0 Å². The molecular formula is C9H8N4O2. The molecule has 15 heavy (non-hydrogen) atoms. The van der Waals surface area contributed by atoms with Crippen molar-refractivity contribution in [3.8, 4) is 11.3 Å². The fourth-order valence-electron chi connectivity index (χ4n) is 1.24. The van der Waals surface area contributed by atoms with E-state index < -0.39 is 5.97 Å². The number of H-pyrrole nitrogens is 1. The van der Waals surface area contributed by atoms with E-state index in [0.717, 1.165) is 5.56 Å². The maximum atomic E-state index is 10.8. The quantitative estimate of drug-likeness (QED) is 0.757. The summed E-state index contributed by atoms with van der Waals surface area (Å²) in [5.74, 6) is -1.06. The van der Waals surface area contributed by atoms with Crippen molar-refractivity contribution < 1.29 is 9.90 Å². The molecule has 2 N–H and O–H groups in total. The minimum absolute atomic E-state index is 0.0231. The second-order valence-electron chi connectivity index (χ2n) is 3.08. The lowest BCUT2D eigenvalue weighted by Crippen LogP contribution is -2.00. The summed E-state index contributed by atoms with van der Waals surface area (Å²) in [7, 11) is 0. The molecule has 2 rings (SSSR count). The average Bonchev–Trinajstić information content (AvgIpc) is 2.65. The second kappa shape index (κ2) is 3.49. The van der Waals surface area contributed by atoms with Gasteiger partial charge in [0.1, 0.15) is 0 Å². The van der Waals surface area contributed by atoms with Crippen LogP contribution in [0.4, 0.5) is 0 Å². The Hall–Kier alpha value is -2.24. The van der Waals surface area contributed by atoms with Crippen LogP contribution >= 0.6 is 0 Å². The average molecular weight is 204 g/mol. The van der Waals surface area contributed by atoms with Crippen LogP contribution in [0.1, 0.15) is 16.1 Å². The molecule has 2 aromatic rings. The fraction of sp³-hybridized carbons (Fsp3) is 0.111. The Kier molecular flexibility index (Phi) is 2.17. The van der Waals surface area contributed by atoms with Gasteiger partial charge in [0.15, 0.2) is 5.69 Å². The predicted molar refractivity (Wildman–Crippen MR) is 51.3 cm³/mol. The topological polar surface area (TPSA) is 91.8 Å². The largest absolute Gasteiger partial charge is 0.477 e. The molecule has 0 spiro atoms. The number of nitrogens with one attached hydrogen (secondary N) is 1. The van der Waals surface area contributed by atoms with Crippen molar-refractivity contribution in [3.63, 3.8) is 0 Å². The lowest BCUT2D eigenvalue weighted by molar-refractivity contribution is 0.0691. The maximum absolute atomic E-state index is 10.8. The van der Waals surface area contributed by atoms with Crippen LogP contribution in [0.2, 0.25) is 0 Å². The molecule has 0 aromatic carbocycles. The summed E-state index contributed by atoms with van der Waals surface area (Å²) >= 11 is 0. The normalized spacial score (nSPS) is 10.2. The van der Waals surface area contributed by atoms with E-state index in [-0.39, 0.29) is 5.69 Å². The van der Waals surface area contributed by atoms with Gasteiger partial charge in [0.25, 0.3) is 0 Å². The summed E-state index contributed by atoms with van der Waals surface area (Å²) in [5, 5.41) is 22.6. The number of aromatic nitrogens is 4. The van der Waals surface area contributed by atoms with Crippen LogP contribution in [0.3, 0.4) is 0 Å². The van der Waals surface area contributed by atoms with Gasteiger partial charge < -0.3 is 5.11 Å². The molecule has 0 unspecified atom stereocenters. The monoisotopic (exact) mass is 204 g/mol. The molecule has 0 bridgehead atoms. The minimum atomic E-state index is -1.06. The summed E-state index contributed by atoms with van der Waals surface area (Å²) in [6.07, 6.45) is 3.02. The predicted octanol–water partition coefficient (Wildman–Crippen LogP) is 0.873. The first-order valence-electron chi connectivity index (χ1n) is 4.25. The van der Waals surface area contributed by atoms with E-state index in [4.69, 9.17) is 5.11 Å². The third-order valence-corrected chi connectivity index (χ3v) is 1.92. The van der Waals surface area contributed by atoms with Gasteiger partial charge in [0.05, 0.1) is 23.7 Å². The molecule has 76 valence electrons. The summed E-state index contributed by atoms with van der Waals surface area (Å²) in [5.41, 5.74) is 1.88. The lowest BCUT2D eigenvalue weighted by atomic mass is 10.1. The van der Waals surface area contributed by atoms with Crippen molar-refractivity contribution in [1.29, 1.82) is 0 Å². The van der Waals surface area contributed by atoms with Crippen LogP contribution in [0, 0.1) is 6.92 Å². The first kappa shape index (κ1) is 9.32. The molecular weight excluding hydrogens is 196 g/mol. The molecule has 2 heterocycles. The summed E-state index contributed by atoms with van der Waals surface area (Å²) in [4.78, 5) is 10.8. The van der Waals surface area contributed by atoms with Crippen LogP contribution in [0.25, 0.3) is 11.3 Å². The zero-order valence-electron chi connectivity index (χ0n) is 7.93. The highest BCUT2D eigenvalue weighted by molar-refractivity contribution is 5.93. The number of carboxylic acids is 1. The SMILES string of the molecule is Cc1cnnc(-c2cn[nH]c2C(=O)O)c1. The molecule has 6 heteroatoms. The van der Waals surface area contributed by atoms with E-state index in [1.807, 2.05) is 6.92 Å². The van der Waals surface area contributed by atoms with E-state index in [1.54, 1.807) is 12.3 Å². The van der Waals surface area contributed by atoms with Gasteiger partial charge in [-0.05, 0) is 18.6 Å². The van der Waals surface area contributed by atoms with E-state index in [2.05, 4.69) is 20.4 Å². The molecule has 6 nitrogen and oxygen atoms in total. The van der Waals surface area contributed by atoms with Gasteiger partial charge >= 0.3 is 5.97 Å². The molecule has 0 fully saturated rings. The number of aryl methyl sites for hydroxylation is 1.